The molecule has 2 aromatic carbocycles. The molecular weight excluding hydrogens is 478 g/mol. The average molecular weight is 499 g/mol. The number of nitrogens with zero attached hydrogens (tertiary/aromatic N) is 5. The number of hydrogen-bond donors (Lipinski definition) is 0. The number of benzene rings is 2. The molecule has 39 heavy (non-hydrogen) atoms. The molecule has 0 bridgehead atoms. The summed E-state index contributed by atoms with van der Waals surface area (Å²) in [5, 5.41) is 12.0. The van der Waals surface area contributed by atoms with Crippen molar-refractivity contribution in [3.63, 3.8) is 0 Å². The number of para-hydroxylation sites is 2. The molecule has 0 saturated carbocycles. The molecule has 0 radical (unpaired) electrons. The van der Waals surface area contributed by atoms with Gasteiger partial charge in [0.25, 0.3) is 0 Å². The van der Waals surface area contributed by atoms with E-state index in [1.807, 2.05) is 24.4 Å². The normalized spacial score (nSPS) is 19.1. The van der Waals surface area contributed by atoms with E-state index in [-0.39, 0.29) is 27.9 Å². The van der Waals surface area contributed by atoms with Gasteiger partial charge in [0, 0.05) is 16.3 Å². The maximum atomic E-state index is 9.71. The largest absolute Gasteiger partial charge is 0.455 e. The van der Waals surface area contributed by atoms with Gasteiger partial charge in [-0.3, -0.25) is 0 Å². The van der Waals surface area contributed by atoms with Crippen LogP contribution in [0.1, 0.15) is 5.56 Å². The van der Waals surface area contributed by atoms with E-state index in [0.717, 1.165) is 33.1 Å². The third-order valence-electron chi connectivity index (χ3n) is 8.08. The number of fused-ring (bicyclic) bond motifs is 11. The lowest BCUT2D eigenvalue weighted by atomic mass is 9.41. The number of furan rings is 1. The van der Waals surface area contributed by atoms with E-state index in [4.69, 9.17) is 4.42 Å². The Morgan fingerprint density at radius 1 is 0.667 bits per heavy atom. The molecule has 0 N–H and O–H groups in total. The van der Waals surface area contributed by atoms with Crippen LogP contribution >= 0.6 is 0 Å². The van der Waals surface area contributed by atoms with E-state index in [0.29, 0.717) is 5.57 Å². The Balaban J connectivity index is 1.29. The van der Waals surface area contributed by atoms with Crippen LogP contribution in [0.5, 0.6) is 0 Å². The fourth-order valence-electron chi connectivity index (χ4n) is 6.31. The lowest BCUT2D eigenvalue weighted by Crippen LogP contribution is -2.73. The van der Waals surface area contributed by atoms with E-state index < -0.39 is 0 Å². The first-order chi connectivity index (χ1) is 19.3. The zero-order valence-electron chi connectivity index (χ0n) is 21.1. The first-order valence-electron chi connectivity index (χ1n) is 13.2. The molecule has 180 valence electrons. The van der Waals surface area contributed by atoms with Gasteiger partial charge >= 0.3 is 27.9 Å². The van der Waals surface area contributed by atoms with Crippen LogP contribution in [-0.4, -0.2) is 46.8 Å². The lowest BCUT2D eigenvalue weighted by molar-refractivity contribution is 0.621. The van der Waals surface area contributed by atoms with Crippen molar-refractivity contribution >= 4 is 55.4 Å². The van der Waals surface area contributed by atoms with Crippen LogP contribution in [0.2, 0.25) is 0 Å². The molecule has 10 heteroatoms. The van der Waals surface area contributed by atoms with Crippen molar-refractivity contribution in [2.45, 2.75) is 0 Å². The van der Waals surface area contributed by atoms with Gasteiger partial charge in [0.15, 0.2) is 0 Å². The van der Waals surface area contributed by atoms with Crippen molar-refractivity contribution in [2.24, 2.45) is 0 Å². The highest BCUT2D eigenvalue weighted by Gasteiger charge is 2.50. The van der Waals surface area contributed by atoms with Crippen LogP contribution in [0.4, 0.5) is 0 Å². The minimum absolute atomic E-state index is 0.00881. The molecule has 0 spiro atoms. The van der Waals surface area contributed by atoms with E-state index in [9.17, 15) is 5.26 Å². The molecule has 6 heterocycles. The number of allylic oxidation sites excluding steroid dienone is 8. The van der Waals surface area contributed by atoms with Gasteiger partial charge in [-0.2, -0.15) is 5.26 Å². The third-order valence-corrected chi connectivity index (χ3v) is 8.08. The number of hydrogen-bond acceptors (Lipinski definition) is 6. The molecule has 0 amide bonds. The zero-order valence-corrected chi connectivity index (χ0v) is 21.1. The average Bonchev–Trinajstić information content (AvgIpc) is 3.39. The summed E-state index contributed by atoms with van der Waals surface area (Å²) < 4.78 is 15.8. The van der Waals surface area contributed by atoms with E-state index >= 15 is 0 Å². The molecule has 0 atom stereocenters. The van der Waals surface area contributed by atoms with E-state index in [2.05, 4.69) is 128 Å². The molecule has 5 aliphatic heterocycles. The van der Waals surface area contributed by atoms with Crippen LogP contribution in [0.25, 0.3) is 27.5 Å². The predicted octanol–water partition coefficient (Wildman–Crippen LogP) is 4.97. The summed E-state index contributed by atoms with van der Waals surface area (Å²) >= 11 is 0. The molecule has 3 aromatic rings. The fourth-order valence-corrected chi connectivity index (χ4v) is 6.31. The van der Waals surface area contributed by atoms with Crippen molar-refractivity contribution in [3.05, 3.63) is 139 Å². The standard InChI is InChI=1S/C29H21B4N5O/c34-21-23-12-16-32-35-17-5-3-14-30(35)37-19-13-24(20-33(37)36-18-6-4-15-31(36)38(32)22-23)25-9-7-10-27-26-8-1-2-11-28(26)39-29(25)27/h1-20,22H. The van der Waals surface area contributed by atoms with Gasteiger partial charge in [-0.05, 0) is 54.7 Å². The second-order valence-electron chi connectivity index (χ2n) is 10.2. The summed E-state index contributed by atoms with van der Waals surface area (Å²) in [5.74, 6) is 8.88. The highest BCUT2D eigenvalue weighted by atomic mass is 16.3. The molecule has 1 aromatic heterocycles. The SMILES string of the molecule is N#CC1=CN2B(C=C1)N1C=CC=CB1N1C=CC(c3cccc4c3oc3ccccc34)=CB1N1C=CC=CB12. The molecule has 8 rings (SSSR count). The third kappa shape index (κ3) is 3.33. The van der Waals surface area contributed by atoms with Crippen molar-refractivity contribution in [1.82, 2.24) is 18.9 Å². The molecule has 0 unspecified atom stereocenters. The van der Waals surface area contributed by atoms with Gasteiger partial charge in [-0.15, -0.1) is 0 Å². The molecule has 1 fully saturated rings. The Labute approximate surface area is 228 Å². The van der Waals surface area contributed by atoms with E-state index in [1.54, 1.807) is 0 Å². The summed E-state index contributed by atoms with van der Waals surface area (Å²) in [6.45, 7) is -0.205. The van der Waals surface area contributed by atoms with Crippen molar-refractivity contribution in [2.75, 3.05) is 0 Å². The Bertz CT molecular complexity index is 1810. The molecule has 1 saturated heterocycles. The summed E-state index contributed by atoms with van der Waals surface area (Å²) in [7, 11) is 0. The summed E-state index contributed by atoms with van der Waals surface area (Å²) in [6.07, 6.45) is 21.0. The van der Waals surface area contributed by atoms with Gasteiger partial charge in [-0.1, -0.05) is 78.5 Å². The van der Waals surface area contributed by atoms with Crippen LogP contribution in [0.15, 0.2) is 138 Å². The second kappa shape index (κ2) is 8.57. The summed E-state index contributed by atoms with van der Waals surface area (Å²) in [6, 6.07) is 16.9. The molecular formula is C29H21B4N5O. The topological polar surface area (TPSA) is 49.9 Å². The summed E-state index contributed by atoms with van der Waals surface area (Å²) in [4.78, 5) is 0. The lowest BCUT2D eigenvalue weighted by Gasteiger charge is -2.53. The highest BCUT2D eigenvalue weighted by molar-refractivity contribution is 6.92. The van der Waals surface area contributed by atoms with Gasteiger partial charge in [0.2, 0.25) is 0 Å². The Morgan fingerprint density at radius 3 is 2.23 bits per heavy atom. The van der Waals surface area contributed by atoms with Gasteiger partial charge in [0.05, 0.1) is 5.57 Å². The quantitative estimate of drug-likeness (QED) is 0.442. The fraction of sp³-hybridized carbons (Fsp3) is 0. The molecule has 0 aliphatic carbocycles. The van der Waals surface area contributed by atoms with Crippen molar-refractivity contribution < 1.29 is 4.42 Å². The van der Waals surface area contributed by atoms with Crippen LogP contribution in [-0.2, 0) is 0 Å². The van der Waals surface area contributed by atoms with E-state index in [1.165, 1.54) is 0 Å². The molecule has 6 nitrogen and oxygen atoms in total. The number of rotatable bonds is 1. The van der Waals surface area contributed by atoms with Gasteiger partial charge in [0.1, 0.15) is 17.2 Å². The van der Waals surface area contributed by atoms with Crippen LogP contribution in [0.3, 0.4) is 0 Å². The minimum Gasteiger partial charge on any atom is -0.455 e. The maximum absolute atomic E-state index is 9.71. The van der Waals surface area contributed by atoms with Crippen molar-refractivity contribution in [1.29, 1.82) is 5.26 Å². The first kappa shape index (κ1) is 22.1. The second-order valence-corrected chi connectivity index (χ2v) is 10.2. The molecule has 5 aliphatic rings. The first-order valence-corrected chi connectivity index (χ1v) is 13.2. The maximum Gasteiger partial charge on any atom is 0.381 e. The van der Waals surface area contributed by atoms with Gasteiger partial charge in [-0.25, -0.2) is 0 Å². The Hall–Kier alpha value is -4.89. The van der Waals surface area contributed by atoms with Crippen molar-refractivity contribution in [3.8, 4) is 6.07 Å². The smallest absolute Gasteiger partial charge is 0.381 e. The van der Waals surface area contributed by atoms with Crippen LogP contribution in [0, 0.1) is 11.3 Å². The monoisotopic (exact) mass is 499 g/mol. The predicted molar refractivity (Wildman–Crippen MR) is 161 cm³/mol. The number of nitriles is 1. The minimum atomic E-state index is -0.0784. The Morgan fingerprint density at radius 2 is 1.38 bits per heavy atom. The Kier molecular flexibility index (Phi) is 4.86. The van der Waals surface area contributed by atoms with Gasteiger partial charge < -0.3 is 23.3 Å². The van der Waals surface area contributed by atoms with Crippen LogP contribution < -0.4 is 0 Å². The highest BCUT2D eigenvalue weighted by Crippen LogP contribution is 2.37. The zero-order chi connectivity index (χ0) is 25.9. The summed E-state index contributed by atoms with van der Waals surface area (Å²) in [5.41, 5.74) is 4.65.